The van der Waals surface area contributed by atoms with Crippen LogP contribution in [-0.2, 0) is 26.9 Å². The van der Waals surface area contributed by atoms with E-state index in [1.165, 1.54) is 12.0 Å². The lowest BCUT2D eigenvalue weighted by Crippen LogP contribution is -2.65. The molecule has 3 saturated carbocycles. The second-order valence-electron chi connectivity index (χ2n) is 11.3. The van der Waals surface area contributed by atoms with E-state index in [9.17, 15) is 4.79 Å². The Morgan fingerprint density at radius 2 is 1.65 bits per heavy atom. The van der Waals surface area contributed by atoms with E-state index in [-0.39, 0.29) is 30.5 Å². The van der Waals surface area contributed by atoms with E-state index >= 15 is 0 Å². The Labute approximate surface area is 203 Å². The Balaban J connectivity index is 1.27. The maximum atomic E-state index is 12.9. The first-order chi connectivity index (χ1) is 16.3. The number of amides is 1. The number of benzene rings is 2. The van der Waals surface area contributed by atoms with E-state index in [0.717, 1.165) is 18.4 Å². The number of hydrogen-bond donors (Lipinski definition) is 2. The maximum absolute atomic E-state index is 12.9. The van der Waals surface area contributed by atoms with Gasteiger partial charge in [-0.05, 0) is 61.0 Å². The van der Waals surface area contributed by atoms with Gasteiger partial charge in [-0.25, -0.2) is 0 Å². The molecule has 1 heterocycles. The Morgan fingerprint density at radius 1 is 1.03 bits per heavy atom. The Morgan fingerprint density at radius 3 is 2.26 bits per heavy atom. The molecule has 2 bridgehead atoms. The summed E-state index contributed by atoms with van der Waals surface area (Å²) in [5, 5.41) is 3.11. The smallest absolute Gasteiger partial charge is 0.405 e. The van der Waals surface area contributed by atoms with Crippen molar-refractivity contribution in [2.45, 2.75) is 70.0 Å². The van der Waals surface area contributed by atoms with E-state index in [1.807, 2.05) is 36.4 Å². The van der Waals surface area contributed by atoms with Crippen molar-refractivity contribution in [1.29, 1.82) is 0 Å². The predicted octanol–water partition coefficient (Wildman–Crippen LogP) is 4.01. The van der Waals surface area contributed by atoms with Gasteiger partial charge in [-0.1, -0.05) is 74.5 Å². The summed E-state index contributed by atoms with van der Waals surface area (Å²) in [6, 6.07) is 19.7. The number of hydrogen-bond acceptors (Lipinski definition) is 4. The third-order valence-electron chi connectivity index (χ3n) is 8.87. The summed E-state index contributed by atoms with van der Waals surface area (Å²) in [5.74, 6) is 1.10. The van der Waals surface area contributed by atoms with Gasteiger partial charge in [-0.2, -0.15) is 0 Å². The molecule has 180 valence electrons. The van der Waals surface area contributed by atoms with Crippen LogP contribution in [-0.4, -0.2) is 37.3 Å². The number of rotatable bonds is 8. The molecule has 4 aliphatic rings. The minimum atomic E-state index is -0.585. The van der Waals surface area contributed by atoms with Crippen LogP contribution in [0, 0.1) is 17.3 Å². The highest BCUT2D eigenvalue weighted by Crippen LogP contribution is 2.66. The minimum absolute atomic E-state index is 0.0120. The van der Waals surface area contributed by atoms with E-state index < -0.39 is 6.04 Å². The molecule has 1 amide bonds. The van der Waals surface area contributed by atoms with E-state index in [2.05, 4.69) is 50.4 Å². The number of nitrogens with two attached hydrogens (primary N) is 1. The minimum Gasteiger partial charge on any atom is -0.405 e. The van der Waals surface area contributed by atoms with Gasteiger partial charge in [0.15, 0.2) is 0 Å². The van der Waals surface area contributed by atoms with Crippen LogP contribution in [0.3, 0.4) is 0 Å². The summed E-state index contributed by atoms with van der Waals surface area (Å²) >= 11 is 0. The Hall–Kier alpha value is -2.15. The number of carbonyl (C=O) groups excluding carboxylic acids is 1. The fraction of sp³-hybridized carbons (Fsp3) is 0.536. The molecule has 5 nitrogen and oxygen atoms in total. The zero-order valence-corrected chi connectivity index (χ0v) is 20.6. The van der Waals surface area contributed by atoms with Crippen LogP contribution >= 0.6 is 0 Å². The van der Waals surface area contributed by atoms with Crippen molar-refractivity contribution in [3.05, 3.63) is 71.8 Å². The lowest BCUT2D eigenvalue weighted by Gasteiger charge is -2.64. The summed E-state index contributed by atoms with van der Waals surface area (Å²) < 4.78 is 13.3. The molecule has 2 aromatic carbocycles. The van der Waals surface area contributed by atoms with Gasteiger partial charge in [0.1, 0.15) is 0 Å². The number of carbonyl (C=O) groups is 1. The van der Waals surface area contributed by atoms with Crippen molar-refractivity contribution >= 4 is 13.0 Å². The summed E-state index contributed by atoms with van der Waals surface area (Å²) in [7, 11) is -0.337. The summed E-state index contributed by atoms with van der Waals surface area (Å²) in [4.78, 5) is 12.9. The zero-order chi connectivity index (χ0) is 23.9. The van der Waals surface area contributed by atoms with E-state index in [1.54, 1.807) is 0 Å². The van der Waals surface area contributed by atoms with Crippen molar-refractivity contribution in [1.82, 2.24) is 5.32 Å². The molecule has 2 aromatic rings. The summed E-state index contributed by atoms with van der Waals surface area (Å²) in [6.07, 6.45) is 3.71. The number of nitrogens with one attached hydrogen (secondary N) is 1. The second-order valence-corrected chi connectivity index (χ2v) is 11.3. The van der Waals surface area contributed by atoms with E-state index in [4.69, 9.17) is 15.0 Å². The van der Waals surface area contributed by atoms with Crippen molar-refractivity contribution in [2.75, 3.05) is 6.54 Å². The standard InChI is InChI=1S/C28H37BN2O3/c1-27(2)21-16-24(27)28(3)25(17-21)33-29(34-28)22(14-19-10-6-4-7-11-19)18-31-26(32)23(30)15-20-12-8-5-9-13-20/h4-13,21-25H,14-18,30H2,1-3H3,(H,31,32)/t21?,22-,23-,24?,25?,28-/m0/s1. The molecule has 6 atom stereocenters. The molecule has 6 rings (SSSR count). The van der Waals surface area contributed by atoms with Crippen molar-refractivity contribution in [3.63, 3.8) is 0 Å². The quantitative estimate of drug-likeness (QED) is 0.584. The molecular weight excluding hydrogens is 423 g/mol. The highest BCUT2D eigenvalue weighted by atomic mass is 16.7. The molecule has 0 radical (unpaired) electrons. The molecule has 34 heavy (non-hydrogen) atoms. The molecule has 1 saturated heterocycles. The average molecular weight is 460 g/mol. The molecule has 1 aliphatic heterocycles. The van der Waals surface area contributed by atoms with Crippen LogP contribution in [0.15, 0.2) is 60.7 Å². The van der Waals surface area contributed by atoms with Gasteiger partial charge < -0.3 is 20.4 Å². The lowest BCUT2D eigenvalue weighted by atomic mass is 9.43. The first kappa shape index (κ1) is 23.6. The maximum Gasteiger partial charge on any atom is 0.463 e. The summed E-state index contributed by atoms with van der Waals surface area (Å²) in [6.45, 7) is 7.47. The van der Waals surface area contributed by atoms with Gasteiger partial charge in [-0.15, -0.1) is 0 Å². The highest BCUT2D eigenvalue weighted by molar-refractivity contribution is 6.47. The van der Waals surface area contributed by atoms with Crippen molar-refractivity contribution < 1.29 is 14.1 Å². The van der Waals surface area contributed by atoms with Crippen LogP contribution in [0.2, 0.25) is 5.82 Å². The van der Waals surface area contributed by atoms with Crippen molar-refractivity contribution in [2.24, 2.45) is 23.0 Å². The average Bonchev–Trinajstić information content (AvgIpc) is 3.19. The van der Waals surface area contributed by atoms with Gasteiger partial charge in [0, 0.05) is 12.4 Å². The van der Waals surface area contributed by atoms with Crippen LogP contribution in [0.1, 0.15) is 44.7 Å². The fourth-order valence-corrected chi connectivity index (χ4v) is 6.61. The zero-order valence-electron chi connectivity index (χ0n) is 20.6. The molecule has 0 aromatic heterocycles. The highest BCUT2D eigenvalue weighted by Gasteiger charge is 2.68. The van der Waals surface area contributed by atoms with Gasteiger partial charge in [0.2, 0.25) is 5.91 Å². The molecule has 6 heteroatoms. The monoisotopic (exact) mass is 460 g/mol. The fourth-order valence-electron chi connectivity index (χ4n) is 6.61. The summed E-state index contributed by atoms with van der Waals surface area (Å²) in [5.41, 5.74) is 8.56. The van der Waals surface area contributed by atoms with E-state index in [0.29, 0.717) is 30.2 Å². The van der Waals surface area contributed by atoms with Crippen LogP contribution in [0.4, 0.5) is 0 Å². The lowest BCUT2D eigenvalue weighted by molar-refractivity contribution is -0.199. The normalized spacial score (nSPS) is 30.7. The van der Waals surface area contributed by atoms with Crippen LogP contribution in [0.5, 0.6) is 0 Å². The first-order valence-electron chi connectivity index (χ1n) is 12.7. The SMILES string of the molecule is CC1(C)C2CC3OB([C@H](CNC(=O)[C@@H](N)Cc4ccccc4)Cc4ccccc4)O[C@@]3(C)C1C2. The first-order valence-corrected chi connectivity index (χ1v) is 12.7. The van der Waals surface area contributed by atoms with Gasteiger partial charge >= 0.3 is 7.12 Å². The molecule has 3 N–H and O–H groups in total. The third-order valence-corrected chi connectivity index (χ3v) is 8.87. The second kappa shape index (κ2) is 9.14. The van der Waals surface area contributed by atoms with Crippen molar-refractivity contribution in [3.8, 4) is 0 Å². The van der Waals surface area contributed by atoms with Crippen LogP contribution < -0.4 is 11.1 Å². The molecule has 4 fully saturated rings. The molecule has 3 aliphatic carbocycles. The third kappa shape index (κ3) is 4.32. The van der Waals surface area contributed by atoms with Gasteiger partial charge in [0.25, 0.3) is 0 Å². The van der Waals surface area contributed by atoms with Crippen LogP contribution in [0.25, 0.3) is 0 Å². The molecular formula is C28H37BN2O3. The predicted molar refractivity (Wildman–Crippen MR) is 135 cm³/mol. The Kier molecular flexibility index (Phi) is 6.34. The van der Waals surface area contributed by atoms with Gasteiger partial charge in [0.05, 0.1) is 17.7 Å². The Bertz CT molecular complexity index is 1000. The molecule has 3 unspecified atom stereocenters. The largest absolute Gasteiger partial charge is 0.463 e. The molecule has 0 spiro atoms. The van der Waals surface area contributed by atoms with Gasteiger partial charge in [-0.3, -0.25) is 4.79 Å². The topological polar surface area (TPSA) is 73.6 Å².